The Morgan fingerprint density at radius 1 is 1.00 bits per heavy atom. The summed E-state index contributed by atoms with van der Waals surface area (Å²) in [5, 5.41) is 11.1. The van der Waals surface area contributed by atoms with Crippen LogP contribution in [0.3, 0.4) is 0 Å². The molecule has 0 spiro atoms. The quantitative estimate of drug-likeness (QED) is 0.664. The highest BCUT2D eigenvalue weighted by atomic mass is 16.3. The highest BCUT2D eigenvalue weighted by Gasteiger charge is 2.08. The Bertz CT molecular complexity index is 844. The summed E-state index contributed by atoms with van der Waals surface area (Å²) in [5.74, 6) is 0.157. The van der Waals surface area contributed by atoms with Crippen molar-refractivity contribution in [1.29, 1.82) is 0 Å². The first-order chi connectivity index (χ1) is 10.0. The summed E-state index contributed by atoms with van der Waals surface area (Å²) in [7, 11) is 0. The first-order valence-electron chi connectivity index (χ1n) is 6.97. The third kappa shape index (κ3) is 2.55. The van der Waals surface area contributed by atoms with Crippen molar-refractivity contribution in [1.82, 2.24) is 4.98 Å². The SMILES string of the molecule is Cc1ccc(C)c(N=Cc2c(O)[nH]c3cc(C)ccc23)c1. The zero-order valence-corrected chi connectivity index (χ0v) is 12.4. The smallest absolute Gasteiger partial charge is 0.198 e. The number of fused-ring (bicyclic) bond motifs is 1. The average molecular weight is 278 g/mol. The van der Waals surface area contributed by atoms with Gasteiger partial charge in [0.15, 0.2) is 5.88 Å². The van der Waals surface area contributed by atoms with E-state index in [0.29, 0.717) is 0 Å². The van der Waals surface area contributed by atoms with Crippen molar-refractivity contribution in [3.8, 4) is 5.88 Å². The number of hydrogen-bond donors (Lipinski definition) is 2. The summed E-state index contributed by atoms with van der Waals surface area (Å²) in [5.41, 5.74) is 6.02. The largest absolute Gasteiger partial charge is 0.494 e. The van der Waals surface area contributed by atoms with Crippen molar-refractivity contribution in [3.05, 3.63) is 58.7 Å². The molecule has 1 heterocycles. The molecular formula is C18H18N2O. The Kier molecular flexibility index (Phi) is 3.26. The fourth-order valence-corrected chi connectivity index (χ4v) is 2.44. The van der Waals surface area contributed by atoms with E-state index in [2.05, 4.69) is 22.1 Å². The van der Waals surface area contributed by atoms with Crippen LogP contribution in [-0.2, 0) is 0 Å². The lowest BCUT2D eigenvalue weighted by Crippen LogP contribution is -1.82. The first kappa shape index (κ1) is 13.4. The van der Waals surface area contributed by atoms with Crippen molar-refractivity contribution in [3.63, 3.8) is 0 Å². The Morgan fingerprint density at radius 3 is 2.52 bits per heavy atom. The van der Waals surface area contributed by atoms with E-state index in [1.807, 2.05) is 45.0 Å². The van der Waals surface area contributed by atoms with Gasteiger partial charge in [-0.1, -0.05) is 24.3 Å². The number of rotatable bonds is 2. The molecule has 0 bridgehead atoms. The molecule has 106 valence electrons. The number of aromatic hydroxyl groups is 1. The Labute approximate surface area is 124 Å². The molecule has 0 amide bonds. The Morgan fingerprint density at radius 2 is 1.71 bits per heavy atom. The van der Waals surface area contributed by atoms with E-state index >= 15 is 0 Å². The van der Waals surface area contributed by atoms with Crippen molar-refractivity contribution in [2.45, 2.75) is 20.8 Å². The lowest BCUT2D eigenvalue weighted by molar-refractivity contribution is 0.457. The van der Waals surface area contributed by atoms with Gasteiger partial charge in [-0.25, -0.2) is 0 Å². The van der Waals surface area contributed by atoms with E-state index in [4.69, 9.17) is 0 Å². The maximum Gasteiger partial charge on any atom is 0.198 e. The summed E-state index contributed by atoms with van der Waals surface area (Å²) in [6.07, 6.45) is 1.73. The van der Waals surface area contributed by atoms with Crippen LogP contribution in [0.15, 0.2) is 41.4 Å². The number of nitrogens with one attached hydrogen (secondary N) is 1. The molecule has 21 heavy (non-hydrogen) atoms. The van der Waals surface area contributed by atoms with Crippen LogP contribution in [0.25, 0.3) is 10.9 Å². The van der Waals surface area contributed by atoms with Gasteiger partial charge in [0.2, 0.25) is 0 Å². The van der Waals surface area contributed by atoms with Gasteiger partial charge >= 0.3 is 0 Å². The maximum absolute atomic E-state index is 10.1. The zero-order chi connectivity index (χ0) is 15.0. The first-order valence-corrected chi connectivity index (χ1v) is 6.97. The number of aryl methyl sites for hydroxylation is 3. The monoisotopic (exact) mass is 278 g/mol. The summed E-state index contributed by atoms with van der Waals surface area (Å²) in [6.45, 7) is 6.11. The molecule has 0 unspecified atom stereocenters. The topological polar surface area (TPSA) is 48.4 Å². The van der Waals surface area contributed by atoms with Gasteiger partial charge in [0.05, 0.1) is 11.3 Å². The second kappa shape index (κ2) is 5.09. The minimum absolute atomic E-state index is 0.157. The molecule has 0 saturated carbocycles. The second-order valence-corrected chi connectivity index (χ2v) is 5.48. The number of benzene rings is 2. The molecule has 2 aromatic carbocycles. The summed E-state index contributed by atoms with van der Waals surface area (Å²) in [4.78, 5) is 7.53. The molecule has 0 fully saturated rings. The molecule has 3 nitrogen and oxygen atoms in total. The molecule has 1 aromatic heterocycles. The minimum Gasteiger partial charge on any atom is -0.494 e. The van der Waals surface area contributed by atoms with Gasteiger partial charge in [-0.2, -0.15) is 0 Å². The summed E-state index contributed by atoms with van der Waals surface area (Å²) in [6, 6.07) is 12.2. The molecular weight excluding hydrogens is 260 g/mol. The molecule has 0 radical (unpaired) electrons. The third-order valence-electron chi connectivity index (χ3n) is 3.67. The molecule has 0 aliphatic carbocycles. The van der Waals surface area contributed by atoms with Crippen LogP contribution in [0.4, 0.5) is 5.69 Å². The number of aliphatic imine (C=N–C) groups is 1. The van der Waals surface area contributed by atoms with E-state index in [0.717, 1.165) is 33.3 Å². The standard InChI is InChI=1S/C18H18N2O/c1-11-4-6-13(3)16(8-11)19-10-15-14-7-5-12(2)9-17(14)20-18(15)21/h4-10,20-21H,1-3H3. The molecule has 3 heteroatoms. The number of nitrogens with zero attached hydrogens (tertiary/aromatic N) is 1. The molecule has 3 aromatic rings. The highest BCUT2D eigenvalue weighted by Crippen LogP contribution is 2.27. The van der Waals surface area contributed by atoms with Crippen LogP contribution in [-0.4, -0.2) is 16.3 Å². The van der Waals surface area contributed by atoms with Crippen LogP contribution in [0.2, 0.25) is 0 Å². The van der Waals surface area contributed by atoms with E-state index in [1.165, 1.54) is 5.56 Å². The normalized spacial score (nSPS) is 11.6. The van der Waals surface area contributed by atoms with Gasteiger partial charge < -0.3 is 10.1 Å². The fourth-order valence-electron chi connectivity index (χ4n) is 2.44. The predicted molar refractivity (Wildman–Crippen MR) is 87.9 cm³/mol. The number of H-pyrrole nitrogens is 1. The van der Waals surface area contributed by atoms with Gasteiger partial charge in [0.1, 0.15) is 0 Å². The van der Waals surface area contributed by atoms with Crippen molar-refractivity contribution < 1.29 is 5.11 Å². The molecule has 0 aliphatic rings. The number of aromatic amines is 1. The predicted octanol–water partition coefficient (Wildman–Crippen LogP) is 4.55. The Hall–Kier alpha value is -2.55. The lowest BCUT2D eigenvalue weighted by Gasteiger charge is -2.01. The van der Waals surface area contributed by atoms with Gasteiger partial charge in [-0.15, -0.1) is 0 Å². The van der Waals surface area contributed by atoms with Crippen molar-refractivity contribution in [2.75, 3.05) is 0 Å². The van der Waals surface area contributed by atoms with Crippen LogP contribution >= 0.6 is 0 Å². The van der Waals surface area contributed by atoms with Crippen LogP contribution in [0, 0.1) is 20.8 Å². The van der Waals surface area contributed by atoms with Crippen LogP contribution in [0.5, 0.6) is 5.88 Å². The fraction of sp³-hybridized carbons (Fsp3) is 0.167. The van der Waals surface area contributed by atoms with Crippen molar-refractivity contribution >= 4 is 22.8 Å². The molecule has 0 aliphatic heterocycles. The van der Waals surface area contributed by atoms with Gasteiger partial charge in [-0.3, -0.25) is 4.99 Å². The molecule has 2 N–H and O–H groups in total. The third-order valence-corrected chi connectivity index (χ3v) is 3.67. The molecule has 0 atom stereocenters. The van der Waals surface area contributed by atoms with Gasteiger partial charge in [0.25, 0.3) is 0 Å². The second-order valence-electron chi connectivity index (χ2n) is 5.48. The van der Waals surface area contributed by atoms with Crippen LogP contribution < -0.4 is 0 Å². The number of aromatic nitrogens is 1. The number of hydrogen-bond acceptors (Lipinski definition) is 2. The van der Waals surface area contributed by atoms with E-state index in [9.17, 15) is 5.11 Å². The summed E-state index contributed by atoms with van der Waals surface area (Å²) >= 11 is 0. The van der Waals surface area contributed by atoms with Gasteiger partial charge in [0, 0.05) is 17.1 Å². The van der Waals surface area contributed by atoms with Crippen molar-refractivity contribution in [2.24, 2.45) is 4.99 Å². The van der Waals surface area contributed by atoms with E-state index in [1.54, 1.807) is 6.21 Å². The maximum atomic E-state index is 10.1. The van der Waals surface area contributed by atoms with Gasteiger partial charge in [-0.05, 0) is 49.6 Å². The highest BCUT2D eigenvalue weighted by molar-refractivity contribution is 6.02. The van der Waals surface area contributed by atoms with E-state index < -0.39 is 0 Å². The van der Waals surface area contributed by atoms with E-state index in [-0.39, 0.29) is 5.88 Å². The zero-order valence-electron chi connectivity index (χ0n) is 12.4. The molecule has 0 saturated heterocycles. The minimum atomic E-state index is 0.157. The molecule has 3 rings (SSSR count). The average Bonchev–Trinajstić information content (AvgIpc) is 2.74. The summed E-state index contributed by atoms with van der Waals surface area (Å²) < 4.78 is 0. The van der Waals surface area contributed by atoms with Crippen LogP contribution in [0.1, 0.15) is 22.3 Å². The lowest BCUT2D eigenvalue weighted by atomic mass is 10.1. The Balaban J connectivity index is 2.07.